The monoisotopic (exact) mass is 392 g/mol. The Bertz CT molecular complexity index is 862. The van der Waals surface area contributed by atoms with Crippen molar-refractivity contribution in [3.63, 3.8) is 0 Å². The van der Waals surface area contributed by atoms with Crippen molar-refractivity contribution in [3.05, 3.63) is 78.3 Å². The summed E-state index contributed by atoms with van der Waals surface area (Å²) in [6.07, 6.45) is 15.9. The van der Waals surface area contributed by atoms with Crippen molar-refractivity contribution in [1.29, 1.82) is 0 Å². The highest BCUT2D eigenvalue weighted by molar-refractivity contribution is 5.83. The van der Waals surface area contributed by atoms with Gasteiger partial charge >= 0.3 is 0 Å². The molecule has 3 rings (SSSR count). The zero-order valence-corrected chi connectivity index (χ0v) is 17.8. The maximum absolute atomic E-state index is 14.4. The molecule has 29 heavy (non-hydrogen) atoms. The summed E-state index contributed by atoms with van der Waals surface area (Å²) in [5.41, 5.74) is 4.33. The predicted molar refractivity (Wildman–Crippen MR) is 124 cm³/mol. The van der Waals surface area contributed by atoms with E-state index in [1.165, 1.54) is 18.1 Å². The van der Waals surface area contributed by atoms with Crippen LogP contribution >= 0.6 is 0 Å². The second kappa shape index (κ2) is 9.30. The van der Waals surface area contributed by atoms with Gasteiger partial charge in [-0.25, -0.2) is 4.39 Å². The van der Waals surface area contributed by atoms with E-state index in [0.29, 0.717) is 29.1 Å². The Hall–Kier alpha value is -2.55. The van der Waals surface area contributed by atoms with Crippen LogP contribution in [0.2, 0.25) is 0 Å². The Morgan fingerprint density at radius 1 is 1.21 bits per heavy atom. The van der Waals surface area contributed by atoms with Crippen molar-refractivity contribution in [2.45, 2.75) is 46.1 Å². The lowest BCUT2D eigenvalue weighted by Gasteiger charge is -2.37. The Morgan fingerprint density at radius 2 is 2.00 bits per heavy atom. The second-order valence-electron chi connectivity index (χ2n) is 8.42. The van der Waals surface area contributed by atoms with E-state index >= 15 is 0 Å². The molecule has 0 radical (unpaired) electrons. The van der Waals surface area contributed by atoms with Crippen LogP contribution in [0.5, 0.6) is 0 Å². The molecular weight excluding hydrogens is 359 g/mol. The topological polar surface area (TPSA) is 24.1 Å². The largest absolute Gasteiger partial charge is 0.378 e. The molecule has 1 aliphatic heterocycles. The molecule has 1 heterocycles. The van der Waals surface area contributed by atoms with E-state index in [2.05, 4.69) is 62.8 Å². The van der Waals surface area contributed by atoms with E-state index in [1.54, 1.807) is 0 Å². The van der Waals surface area contributed by atoms with E-state index in [0.717, 1.165) is 24.1 Å². The van der Waals surface area contributed by atoms with Crippen LogP contribution in [0.4, 0.5) is 15.8 Å². The Kier molecular flexibility index (Phi) is 6.79. The quantitative estimate of drug-likeness (QED) is 0.525. The van der Waals surface area contributed by atoms with Crippen molar-refractivity contribution >= 4 is 17.5 Å². The number of benzene rings is 1. The highest BCUT2D eigenvalue weighted by Crippen LogP contribution is 2.39. The van der Waals surface area contributed by atoms with Crippen LogP contribution < -0.4 is 10.6 Å². The maximum Gasteiger partial charge on any atom is 0.147 e. The summed E-state index contributed by atoms with van der Waals surface area (Å²) >= 11 is 0. The molecule has 3 heteroatoms. The van der Waals surface area contributed by atoms with Crippen LogP contribution in [0.1, 0.15) is 45.6 Å². The Labute approximate surface area is 175 Å². The summed E-state index contributed by atoms with van der Waals surface area (Å²) < 4.78 is 14.4. The normalized spacial score (nSPS) is 28.6. The molecule has 1 aromatic rings. The smallest absolute Gasteiger partial charge is 0.147 e. The molecule has 0 bridgehead atoms. The van der Waals surface area contributed by atoms with Gasteiger partial charge in [-0.3, -0.25) is 0 Å². The number of hydrogen-bond acceptors (Lipinski definition) is 2. The van der Waals surface area contributed by atoms with Crippen molar-refractivity contribution in [2.75, 3.05) is 10.6 Å². The standard InChI is InChI=1S/C26H33FN2/c1-6-8-20-16-17(3)10-11-18(4)25(21(20)9-7-2)29-24-15-14-23(27)26-22(24)13-12-19(5)28-26/h6-9,12-15,17-18,20,25,28-29H,2,5,10-11,16H2,1,3-4H3/b8-6?,21-9+. The lowest BCUT2D eigenvalue weighted by Crippen LogP contribution is -2.35. The highest BCUT2D eigenvalue weighted by atomic mass is 19.1. The Balaban J connectivity index is 2.02. The van der Waals surface area contributed by atoms with Gasteiger partial charge in [-0.1, -0.05) is 57.7 Å². The number of anilines is 2. The first-order chi connectivity index (χ1) is 13.9. The van der Waals surface area contributed by atoms with Crippen molar-refractivity contribution in [3.8, 4) is 0 Å². The highest BCUT2D eigenvalue weighted by Gasteiger charge is 2.30. The minimum Gasteiger partial charge on any atom is -0.378 e. The molecule has 2 nitrogen and oxygen atoms in total. The fourth-order valence-corrected chi connectivity index (χ4v) is 4.54. The van der Waals surface area contributed by atoms with Gasteiger partial charge < -0.3 is 10.6 Å². The molecule has 0 amide bonds. The van der Waals surface area contributed by atoms with Gasteiger partial charge in [0.05, 0.1) is 11.7 Å². The number of nitrogens with one attached hydrogen (secondary N) is 2. The molecule has 1 fully saturated rings. The summed E-state index contributed by atoms with van der Waals surface area (Å²) in [6, 6.07) is 3.53. The molecular formula is C26H33FN2. The molecule has 0 spiro atoms. The number of rotatable bonds is 4. The summed E-state index contributed by atoms with van der Waals surface area (Å²) in [5, 5.41) is 6.84. The minimum absolute atomic E-state index is 0.162. The molecule has 0 saturated heterocycles. The molecule has 1 aliphatic carbocycles. The molecule has 1 aromatic carbocycles. The van der Waals surface area contributed by atoms with Gasteiger partial charge in [0, 0.05) is 22.9 Å². The predicted octanol–water partition coefficient (Wildman–Crippen LogP) is 7.32. The third kappa shape index (κ3) is 4.72. The first-order valence-electron chi connectivity index (χ1n) is 10.6. The van der Waals surface area contributed by atoms with Crippen LogP contribution in [0.15, 0.2) is 66.9 Å². The summed E-state index contributed by atoms with van der Waals surface area (Å²) in [4.78, 5) is 0. The first-order valence-corrected chi connectivity index (χ1v) is 10.6. The zero-order chi connectivity index (χ0) is 21.0. The molecule has 4 atom stereocenters. The summed E-state index contributed by atoms with van der Waals surface area (Å²) in [6.45, 7) is 14.6. The third-order valence-electron chi connectivity index (χ3n) is 6.10. The minimum atomic E-state index is -0.260. The van der Waals surface area contributed by atoms with Gasteiger partial charge in [-0.15, -0.1) is 0 Å². The van der Waals surface area contributed by atoms with Gasteiger partial charge in [0.15, 0.2) is 0 Å². The van der Waals surface area contributed by atoms with Crippen LogP contribution in [0.25, 0.3) is 6.08 Å². The van der Waals surface area contributed by atoms with Gasteiger partial charge in [-0.05, 0) is 61.5 Å². The van der Waals surface area contributed by atoms with Crippen LogP contribution in [-0.4, -0.2) is 6.04 Å². The molecule has 4 unspecified atom stereocenters. The second-order valence-corrected chi connectivity index (χ2v) is 8.42. The SMILES string of the molecule is C=C/C=C1\C(C=CC)CC(C)CCC(C)C1Nc1ccc(F)c2c1C=CC(=C)N2. The van der Waals surface area contributed by atoms with Crippen molar-refractivity contribution in [1.82, 2.24) is 0 Å². The van der Waals surface area contributed by atoms with Crippen LogP contribution in [0, 0.1) is 23.6 Å². The fraction of sp³-hybridized carbons (Fsp3) is 0.385. The van der Waals surface area contributed by atoms with E-state index in [-0.39, 0.29) is 11.9 Å². The van der Waals surface area contributed by atoms with E-state index < -0.39 is 0 Å². The van der Waals surface area contributed by atoms with Gasteiger partial charge in [0.1, 0.15) is 5.82 Å². The summed E-state index contributed by atoms with van der Waals surface area (Å²) in [7, 11) is 0. The number of hydrogen-bond donors (Lipinski definition) is 2. The number of fused-ring (bicyclic) bond motifs is 1. The van der Waals surface area contributed by atoms with Gasteiger partial charge in [0.2, 0.25) is 0 Å². The fourth-order valence-electron chi connectivity index (χ4n) is 4.54. The molecule has 2 N–H and O–H groups in total. The summed E-state index contributed by atoms with van der Waals surface area (Å²) in [5.74, 6) is 1.25. The lowest BCUT2D eigenvalue weighted by molar-refractivity contribution is 0.336. The average molecular weight is 393 g/mol. The van der Waals surface area contributed by atoms with Crippen molar-refractivity contribution < 1.29 is 4.39 Å². The van der Waals surface area contributed by atoms with Gasteiger partial charge in [-0.2, -0.15) is 0 Å². The Morgan fingerprint density at radius 3 is 2.72 bits per heavy atom. The van der Waals surface area contributed by atoms with Crippen molar-refractivity contribution in [2.24, 2.45) is 17.8 Å². The number of allylic oxidation sites excluding steroid dienone is 5. The number of halogens is 1. The molecule has 0 aromatic heterocycles. The van der Waals surface area contributed by atoms with Gasteiger partial charge in [0.25, 0.3) is 0 Å². The molecule has 154 valence electrons. The third-order valence-corrected chi connectivity index (χ3v) is 6.10. The van der Waals surface area contributed by atoms with E-state index in [1.807, 2.05) is 24.3 Å². The molecule has 2 aliphatic rings. The van der Waals surface area contributed by atoms with Crippen LogP contribution in [-0.2, 0) is 0 Å². The average Bonchev–Trinajstić information content (AvgIpc) is 2.69. The van der Waals surface area contributed by atoms with E-state index in [4.69, 9.17) is 0 Å². The van der Waals surface area contributed by atoms with Crippen LogP contribution in [0.3, 0.4) is 0 Å². The first kappa shape index (κ1) is 21.2. The molecule has 1 saturated carbocycles. The maximum atomic E-state index is 14.4. The van der Waals surface area contributed by atoms with E-state index in [9.17, 15) is 4.39 Å². The lowest BCUT2D eigenvalue weighted by atomic mass is 9.75. The zero-order valence-electron chi connectivity index (χ0n) is 17.8.